The topological polar surface area (TPSA) is 15.3 Å². The van der Waals surface area contributed by atoms with Crippen LogP contribution in [0.1, 0.15) is 32.6 Å². The van der Waals surface area contributed by atoms with E-state index < -0.39 is 12.5 Å². The van der Waals surface area contributed by atoms with Crippen LogP contribution in [0.3, 0.4) is 0 Å². The van der Waals surface area contributed by atoms with Crippen LogP contribution in [0.5, 0.6) is 0 Å². The van der Waals surface area contributed by atoms with Crippen molar-refractivity contribution in [3.63, 3.8) is 0 Å². The van der Waals surface area contributed by atoms with E-state index in [0.29, 0.717) is 6.54 Å². The maximum atomic E-state index is 12.1. The molecular formula is C11H22F2N2. The first-order chi connectivity index (χ1) is 7.20. The first-order valence-corrected chi connectivity index (χ1v) is 5.94. The molecule has 1 fully saturated rings. The lowest BCUT2D eigenvalue weighted by molar-refractivity contribution is 0.105. The van der Waals surface area contributed by atoms with E-state index >= 15 is 0 Å². The molecule has 1 N–H and O–H groups in total. The molecule has 2 nitrogen and oxygen atoms in total. The molecule has 15 heavy (non-hydrogen) atoms. The van der Waals surface area contributed by atoms with E-state index in [4.69, 9.17) is 0 Å². The standard InChI is InChI=1S/C11H22F2N2/c1-10(11(12)13)14-6-5-9-15-7-3-2-4-8-15/h10-11,14H,2-9H2,1H3. The minimum atomic E-state index is -2.25. The summed E-state index contributed by atoms with van der Waals surface area (Å²) in [6.45, 7) is 5.64. The number of nitrogens with zero attached hydrogens (tertiary/aromatic N) is 1. The fourth-order valence-corrected chi connectivity index (χ4v) is 1.90. The molecule has 0 spiro atoms. The Bertz CT molecular complexity index is 159. The van der Waals surface area contributed by atoms with E-state index in [0.717, 1.165) is 13.0 Å². The van der Waals surface area contributed by atoms with Crippen LogP contribution in [0.15, 0.2) is 0 Å². The van der Waals surface area contributed by atoms with Gasteiger partial charge in [-0.15, -0.1) is 0 Å². The Hall–Kier alpha value is -0.220. The zero-order valence-corrected chi connectivity index (χ0v) is 9.51. The average Bonchev–Trinajstić information content (AvgIpc) is 2.25. The van der Waals surface area contributed by atoms with Crippen LogP contribution in [0, 0.1) is 0 Å². The van der Waals surface area contributed by atoms with Gasteiger partial charge in [-0.3, -0.25) is 0 Å². The van der Waals surface area contributed by atoms with E-state index in [1.807, 2.05) is 0 Å². The van der Waals surface area contributed by atoms with Crippen LogP contribution < -0.4 is 5.32 Å². The Labute approximate surface area is 91.0 Å². The number of hydrogen-bond donors (Lipinski definition) is 1. The molecule has 90 valence electrons. The maximum absolute atomic E-state index is 12.1. The molecule has 0 aliphatic carbocycles. The molecule has 4 heteroatoms. The largest absolute Gasteiger partial charge is 0.309 e. The summed E-state index contributed by atoms with van der Waals surface area (Å²) in [5, 5.41) is 2.84. The monoisotopic (exact) mass is 220 g/mol. The molecule has 1 aliphatic rings. The number of piperidine rings is 1. The van der Waals surface area contributed by atoms with Crippen molar-refractivity contribution < 1.29 is 8.78 Å². The van der Waals surface area contributed by atoms with E-state index in [-0.39, 0.29) is 0 Å². The smallest absolute Gasteiger partial charge is 0.253 e. The van der Waals surface area contributed by atoms with Crippen molar-refractivity contribution in [1.29, 1.82) is 0 Å². The van der Waals surface area contributed by atoms with Gasteiger partial charge >= 0.3 is 0 Å². The molecule has 0 bridgehead atoms. The maximum Gasteiger partial charge on any atom is 0.253 e. The van der Waals surface area contributed by atoms with Crippen molar-refractivity contribution in [3.05, 3.63) is 0 Å². The van der Waals surface area contributed by atoms with Gasteiger partial charge in [0.25, 0.3) is 6.43 Å². The number of likely N-dealkylation sites (tertiary alicyclic amines) is 1. The number of halogens is 2. The van der Waals surface area contributed by atoms with Gasteiger partial charge < -0.3 is 10.2 Å². The van der Waals surface area contributed by atoms with Crippen LogP contribution in [-0.4, -0.2) is 43.5 Å². The summed E-state index contributed by atoms with van der Waals surface area (Å²) in [6.07, 6.45) is 2.65. The number of alkyl halides is 2. The van der Waals surface area contributed by atoms with Crippen LogP contribution in [0.2, 0.25) is 0 Å². The van der Waals surface area contributed by atoms with E-state index in [1.165, 1.54) is 39.3 Å². The summed E-state index contributed by atoms with van der Waals surface area (Å²) in [5.41, 5.74) is 0. The second-order valence-corrected chi connectivity index (χ2v) is 4.33. The molecule has 0 aromatic heterocycles. The van der Waals surface area contributed by atoms with Gasteiger partial charge in [0.05, 0.1) is 6.04 Å². The molecule has 0 radical (unpaired) electrons. The van der Waals surface area contributed by atoms with Crippen LogP contribution in [0.4, 0.5) is 8.78 Å². The average molecular weight is 220 g/mol. The highest BCUT2D eigenvalue weighted by Crippen LogP contribution is 2.08. The number of rotatable bonds is 6. The second kappa shape index (κ2) is 7.12. The summed E-state index contributed by atoms with van der Waals surface area (Å²) >= 11 is 0. The van der Waals surface area contributed by atoms with E-state index in [2.05, 4.69) is 10.2 Å². The minimum Gasteiger partial charge on any atom is -0.309 e. The van der Waals surface area contributed by atoms with Gasteiger partial charge in [0.1, 0.15) is 0 Å². The number of hydrogen-bond acceptors (Lipinski definition) is 2. The van der Waals surface area contributed by atoms with E-state index in [1.54, 1.807) is 0 Å². The molecular weight excluding hydrogens is 198 g/mol. The summed E-state index contributed by atoms with van der Waals surface area (Å²) in [4.78, 5) is 2.43. The van der Waals surface area contributed by atoms with Gasteiger partial charge in [-0.1, -0.05) is 6.42 Å². The lowest BCUT2D eigenvalue weighted by Crippen LogP contribution is -2.36. The molecule has 0 amide bonds. The third-order valence-corrected chi connectivity index (χ3v) is 2.94. The lowest BCUT2D eigenvalue weighted by atomic mass is 10.1. The second-order valence-electron chi connectivity index (χ2n) is 4.33. The Morgan fingerprint density at radius 3 is 2.47 bits per heavy atom. The fraction of sp³-hybridized carbons (Fsp3) is 1.00. The van der Waals surface area contributed by atoms with Crippen molar-refractivity contribution in [3.8, 4) is 0 Å². The Morgan fingerprint density at radius 1 is 1.20 bits per heavy atom. The van der Waals surface area contributed by atoms with Crippen molar-refractivity contribution in [2.45, 2.75) is 45.1 Å². The minimum absolute atomic E-state index is 0.675. The van der Waals surface area contributed by atoms with Gasteiger partial charge in [0, 0.05) is 0 Å². The summed E-state index contributed by atoms with van der Waals surface area (Å²) in [6, 6.07) is -0.675. The molecule has 0 saturated carbocycles. The SMILES string of the molecule is CC(NCCCN1CCCCC1)C(F)F. The van der Waals surface area contributed by atoms with Gasteiger partial charge in [0.2, 0.25) is 0 Å². The Morgan fingerprint density at radius 2 is 1.87 bits per heavy atom. The van der Waals surface area contributed by atoms with Gasteiger partial charge in [-0.05, 0) is 52.4 Å². The molecule has 1 unspecified atom stereocenters. The third-order valence-electron chi connectivity index (χ3n) is 2.94. The zero-order chi connectivity index (χ0) is 11.1. The van der Waals surface area contributed by atoms with Crippen molar-refractivity contribution >= 4 is 0 Å². The van der Waals surface area contributed by atoms with Crippen LogP contribution in [-0.2, 0) is 0 Å². The molecule has 1 heterocycles. The van der Waals surface area contributed by atoms with Gasteiger partial charge in [-0.2, -0.15) is 0 Å². The molecule has 1 rings (SSSR count). The zero-order valence-electron chi connectivity index (χ0n) is 9.51. The van der Waals surface area contributed by atoms with Crippen molar-refractivity contribution in [2.24, 2.45) is 0 Å². The highest BCUT2D eigenvalue weighted by Gasteiger charge is 2.13. The molecule has 0 aromatic carbocycles. The predicted octanol–water partition coefficient (Wildman–Crippen LogP) is 2.11. The molecule has 1 atom stereocenters. The summed E-state index contributed by atoms with van der Waals surface area (Å²) in [5.74, 6) is 0. The van der Waals surface area contributed by atoms with Crippen molar-refractivity contribution in [1.82, 2.24) is 10.2 Å². The summed E-state index contributed by atoms with van der Waals surface area (Å²) in [7, 11) is 0. The normalized spacial score (nSPS) is 20.8. The fourth-order valence-electron chi connectivity index (χ4n) is 1.90. The first-order valence-electron chi connectivity index (χ1n) is 5.94. The molecule has 1 saturated heterocycles. The van der Waals surface area contributed by atoms with Crippen LogP contribution >= 0.6 is 0 Å². The quantitative estimate of drug-likeness (QED) is 0.690. The number of nitrogens with one attached hydrogen (secondary N) is 1. The third kappa shape index (κ3) is 5.42. The predicted molar refractivity (Wildman–Crippen MR) is 58.4 cm³/mol. The van der Waals surface area contributed by atoms with E-state index in [9.17, 15) is 8.78 Å². The van der Waals surface area contributed by atoms with Gasteiger partial charge in [0.15, 0.2) is 0 Å². The first kappa shape index (κ1) is 12.8. The highest BCUT2D eigenvalue weighted by molar-refractivity contribution is 4.67. The Kier molecular flexibility index (Phi) is 6.10. The van der Waals surface area contributed by atoms with Crippen LogP contribution in [0.25, 0.3) is 0 Å². The Balaban J connectivity index is 1.96. The van der Waals surface area contributed by atoms with Crippen molar-refractivity contribution in [2.75, 3.05) is 26.2 Å². The summed E-state index contributed by atoms with van der Waals surface area (Å²) < 4.78 is 24.3. The van der Waals surface area contributed by atoms with Gasteiger partial charge in [-0.25, -0.2) is 8.78 Å². The molecule has 1 aliphatic heterocycles. The molecule has 0 aromatic rings. The lowest BCUT2D eigenvalue weighted by Gasteiger charge is -2.26. The highest BCUT2D eigenvalue weighted by atomic mass is 19.3.